The summed E-state index contributed by atoms with van der Waals surface area (Å²) in [5.41, 5.74) is 1.41. The van der Waals surface area contributed by atoms with Crippen molar-refractivity contribution in [2.75, 3.05) is 7.11 Å². The third kappa shape index (κ3) is 3.43. The molecule has 1 aliphatic heterocycles. The van der Waals surface area contributed by atoms with Crippen LogP contribution in [0.25, 0.3) is 0 Å². The van der Waals surface area contributed by atoms with E-state index >= 15 is 0 Å². The van der Waals surface area contributed by atoms with Gasteiger partial charge in [-0.05, 0) is 18.2 Å². The molecule has 2 aromatic rings. The molecule has 0 saturated heterocycles. The lowest BCUT2D eigenvalue weighted by Crippen LogP contribution is -2.31. The Bertz CT molecular complexity index is 890. The van der Waals surface area contributed by atoms with Gasteiger partial charge >= 0.3 is 0 Å². The first-order valence-electron chi connectivity index (χ1n) is 8.76. The molecule has 1 aromatic carbocycles. The molecule has 1 aliphatic rings. The normalized spacial score (nSPS) is 17.0. The minimum absolute atomic E-state index is 0.101. The zero-order valence-electron chi connectivity index (χ0n) is 15.5. The third-order valence-corrected chi connectivity index (χ3v) is 4.59. The highest BCUT2D eigenvalue weighted by Gasteiger charge is 2.44. The summed E-state index contributed by atoms with van der Waals surface area (Å²) >= 11 is 0. The quantitative estimate of drug-likeness (QED) is 0.849. The molecule has 6 heteroatoms. The van der Waals surface area contributed by atoms with Crippen LogP contribution in [0.2, 0.25) is 0 Å². The molecule has 0 bridgehead atoms. The molecule has 0 saturated carbocycles. The van der Waals surface area contributed by atoms with Crippen LogP contribution in [-0.2, 0) is 16.1 Å². The second-order valence-electron chi connectivity index (χ2n) is 6.68. The Balaban J connectivity index is 2.07. The van der Waals surface area contributed by atoms with Crippen molar-refractivity contribution in [1.29, 1.82) is 0 Å². The van der Waals surface area contributed by atoms with Crippen LogP contribution < -0.4 is 4.74 Å². The molecule has 1 amide bonds. The molecule has 2 heterocycles. The summed E-state index contributed by atoms with van der Waals surface area (Å²) in [5.74, 6) is -1.07. The molecule has 1 N–H and O–H groups in total. The maximum atomic E-state index is 12.8. The number of rotatable bonds is 6. The molecular formula is C21H22N2O4. The number of benzene rings is 1. The summed E-state index contributed by atoms with van der Waals surface area (Å²) < 4.78 is 5.37. The van der Waals surface area contributed by atoms with E-state index in [2.05, 4.69) is 4.98 Å². The smallest absolute Gasteiger partial charge is 0.290 e. The van der Waals surface area contributed by atoms with Crippen molar-refractivity contribution >= 4 is 11.7 Å². The molecule has 27 heavy (non-hydrogen) atoms. The van der Waals surface area contributed by atoms with Gasteiger partial charge in [0.25, 0.3) is 5.91 Å². The van der Waals surface area contributed by atoms with E-state index in [0.29, 0.717) is 11.4 Å². The monoisotopic (exact) mass is 366 g/mol. The second kappa shape index (κ2) is 7.61. The average Bonchev–Trinajstić information content (AvgIpc) is 2.93. The number of para-hydroxylation sites is 1. The van der Waals surface area contributed by atoms with Gasteiger partial charge in [-0.15, -0.1) is 0 Å². The van der Waals surface area contributed by atoms with Crippen molar-refractivity contribution < 1.29 is 19.4 Å². The minimum atomic E-state index is -0.737. The highest BCUT2D eigenvalue weighted by atomic mass is 16.5. The van der Waals surface area contributed by atoms with Crippen LogP contribution in [0, 0.1) is 5.92 Å². The van der Waals surface area contributed by atoms with E-state index in [1.165, 1.54) is 4.90 Å². The van der Waals surface area contributed by atoms with Crippen LogP contribution in [-0.4, -0.2) is 33.8 Å². The zero-order chi connectivity index (χ0) is 19.6. The Labute approximate surface area is 158 Å². The number of ether oxygens (including phenoxy) is 1. The van der Waals surface area contributed by atoms with Gasteiger partial charge in [-0.1, -0.05) is 38.1 Å². The first kappa shape index (κ1) is 18.6. The van der Waals surface area contributed by atoms with E-state index in [0.717, 1.165) is 5.56 Å². The number of ketones is 1. The van der Waals surface area contributed by atoms with Crippen LogP contribution in [0.15, 0.2) is 60.0 Å². The number of aliphatic hydroxyl groups is 1. The predicted molar refractivity (Wildman–Crippen MR) is 100 cm³/mol. The molecule has 0 radical (unpaired) electrons. The number of methoxy groups -OCH3 is 1. The molecular weight excluding hydrogens is 344 g/mol. The van der Waals surface area contributed by atoms with Crippen molar-refractivity contribution in [1.82, 2.24) is 9.88 Å². The van der Waals surface area contributed by atoms with Crippen molar-refractivity contribution in [2.45, 2.75) is 26.4 Å². The first-order chi connectivity index (χ1) is 13.0. The summed E-state index contributed by atoms with van der Waals surface area (Å²) in [5, 5.41) is 10.5. The maximum Gasteiger partial charge on any atom is 0.290 e. The molecule has 3 rings (SSSR count). The highest BCUT2D eigenvalue weighted by molar-refractivity contribution is 6.09. The van der Waals surface area contributed by atoms with E-state index in [1.54, 1.807) is 51.4 Å². The van der Waals surface area contributed by atoms with Crippen LogP contribution in [0.5, 0.6) is 5.75 Å². The fourth-order valence-electron chi connectivity index (χ4n) is 3.24. The number of nitrogens with zero attached hydrogens (tertiary/aromatic N) is 2. The van der Waals surface area contributed by atoms with Gasteiger partial charge in [-0.25, -0.2) is 0 Å². The molecule has 1 atom stereocenters. The fraction of sp³-hybridized carbons (Fsp3) is 0.286. The Morgan fingerprint density at radius 1 is 1.22 bits per heavy atom. The summed E-state index contributed by atoms with van der Waals surface area (Å²) in [7, 11) is 1.56. The molecule has 1 aromatic heterocycles. The van der Waals surface area contributed by atoms with Crippen LogP contribution >= 0.6 is 0 Å². The van der Waals surface area contributed by atoms with Gasteiger partial charge in [-0.2, -0.15) is 0 Å². The molecule has 0 fully saturated rings. The van der Waals surface area contributed by atoms with Gasteiger partial charge in [0.05, 0.1) is 24.9 Å². The number of aliphatic hydroxyl groups excluding tert-OH is 1. The fourth-order valence-corrected chi connectivity index (χ4v) is 3.24. The van der Waals surface area contributed by atoms with E-state index in [1.807, 2.05) is 18.2 Å². The van der Waals surface area contributed by atoms with Crippen molar-refractivity contribution in [2.24, 2.45) is 5.92 Å². The molecule has 140 valence electrons. The molecule has 0 spiro atoms. The average molecular weight is 366 g/mol. The predicted octanol–water partition coefficient (Wildman–Crippen LogP) is 3.21. The molecule has 6 nitrogen and oxygen atoms in total. The minimum Gasteiger partial charge on any atom is -0.503 e. The summed E-state index contributed by atoms with van der Waals surface area (Å²) in [6.07, 6.45) is 1.61. The Morgan fingerprint density at radius 2 is 1.93 bits per heavy atom. The lowest BCUT2D eigenvalue weighted by molar-refractivity contribution is -0.130. The lowest BCUT2D eigenvalue weighted by atomic mass is 9.93. The Morgan fingerprint density at radius 3 is 2.56 bits per heavy atom. The van der Waals surface area contributed by atoms with Gasteiger partial charge in [0.15, 0.2) is 11.5 Å². The summed E-state index contributed by atoms with van der Waals surface area (Å²) in [6.45, 7) is 3.67. The van der Waals surface area contributed by atoms with Gasteiger partial charge in [0.1, 0.15) is 11.8 Å². The van der Waals surface area contributed by atoms with Crippen molar-refractivity contribution in [3.63, 3.8) is 0 Å². The van der Waals surface area contributed by atoms with Gasteiger partial charge in [0.2, 0.25) is 0 Å². The van der Waals surface area contributed by atoms with E-state index in [-0.39, 0.29) is 23.8 Å². The number of carbonyl (C=O) groups is 2. The van der Waals surface area contributed by atoms with E-state index < -0.39 is 17.7 Å². The number of aromatic nitrogens is 1. The van der Waals surface area contributed by atoms with Gasteiger partial charge in [0, 0.05) is 17.7 Å². The number of Topliss-reactive ketones (excluding diaryl/α,β-unsaturated/α-hetero) is 1. The Hall–Kier alpha value is -3.15. The topological polar surface area (TPSA) is 79.7 Å². The Kier molecular flexibility index (Phi) is 5.26. The largest absolute Gasteiger partial charge is 0.503 e. The summed E-state index contributed by atoms with van der Waals surface area (Å²) in [4.78, 5) is 31.4. The zero-order valence-corrected chi connectivity index (χ0v) is 15.5. The lowest BCUT2D eigenvalue weighted by Gasteiger charge is -2.27. The number of hydrogen-bond acceptors (Lipinski definition) is 5. The van der Waals surface area contributed by atoms with E-state index in [9.17, 15) is 14.7 Å². The SMILES string of the molecule is COc1ccccc1CN1C(=O)C(O)=C(C(=O)C(C)C)C1c1ccccn1. The number of amides is 1. The van der Waals surface area contributed by atoms with Gasteiger partial charge < -0.3 is 14.7 Å². The van der Waals surface area contributed by atoms with E-state index in [4.69, 9.17) is 4.74 Å². The van der Waals surface area contributed by atoms with Gasteiger partial charge in [-0.3, -0.25) is 14.6 Å². The number of hydrogen-bond donors (Lipinski definition) is 1. The van der Waals surface area contributed by atoms with Crippen LogP contribution in [0.4, 0.5) is 0 Å². The van der Waals surface area contributed by atoms with Crippen LogP contribution in [0.1, 0.15) is 31.1 Å². The standard InChI is InChI=1S/C21H22N2O4/c1-13(2)19(24)17-18(15-9-6-7-11-22-15)23(21(26)20(17)25)12-14-8-4-5-10-16(14)27-3/h4-11,13,18,25H,12H2,1-3H3. The first-order valence-corrected chi connectivity index (χ1v) is 8.76. The maximum absolute atomic E-state index is 12.8. The number of carbonyl (C=O) groups excluding carboxylic acids is 2. The highest BCUT2D eigenvalue weighted by Crippen LogP contribution is 2.39. The third-order valence-electron chi connectivity index (χ3n) is 4.59. The second-order valence-corrected chi connectivity index (χ2v) is 6.68. The molecule has 1 unspecified atom stereocenters. The van der Waals surface area contributed by atoms with Crippen molar-refractivity contribution in [3.8, 4) is 5.75 Å². The summed E-state index contributed by atoms with van der Waals surface area (Å²) in [6, 6.07) is 11.9. The van der Waals surface area contributed by atoms with Crippen LogP contribution in [0.3, 0.4) is 0 Å². The number of pyridine rings is 1. The van der Waals surface area contributed by atoms with Crippen molar-refractivity contribution in [3.05, 3.63) is 71.3 Å². The molecule has 0 aliphatic carbocycles.